The Hall–Kier alpha value is -1.12. The van der Waals surface area contributed by atoms with Crippen molar-refractivity contribution in [1.29, 1.82) is 0 Å². The minimum absolute atomic E-state index is 0.105. The summed E-state index contributed by atoms with van der Waals surface area (Å²) >= 11 is 0. The summed E-state index contributed by atoms with van der Waals surface area (Å²) in [7, 11) is 0. The van der Waals surface area contributed by atoms with Crippen molar-refractivity contribution in [3.63, 3.8) is 0 Å². The van der Waals surface area contributed by atoms with Gasteiger partial charge in [-0.1, -0.05) is 57.2 Å². The van der Waals surface area contributed by atoms with Crippen molar-refractivity contribution in [3.05, 3.63) is 47.5 Å². The number of ether oxygens (including phenoxy) is 2. The molecular weight excluding hydrogens is 236 g/mol. The molecule has 0 fully saturated rings. The van der Waals surface area contributed by atoms with E-state index < -0.39 is 0 Å². The molecule has 0 bridgehead atoms. The maximum Gasteiger partial charge on any atom is 0.102 e. The fraction of sp³-hybridized carbons (Fsp3) is 0.529. The van der Waals surface area contributed by atoms with E-state index in [1.165, 1.54) is 11.1 Å². The van der Waals surface area contributed by atoms with Crippen LogP contribution < -0.4 is 0 Å². The average molecular weight is 260 g/mol. The quantitative estimate of drug-likeness (QED) is 0.763. The van der Waals surface area contributed by atoms with Crippen molar-refractivity contribution < 1.29 is 9.47 Å². The van der Waals surface area contributed by atoms with Crippen LogP contribution in [0.3, 0.4) is 0 Å². The minimum atomic E-state index is 0.105. The zero-order valence-corrected chi connectivity index (χ0v) is 12.3. The summed E-state index contributed by atoms with van der Waals surface area (Å²) in [6.45, 7) is 10.0. The lowest BCUT2D eigenvalue weighted by atomic mass is 9.89. The maximum atomic E-state index is 6.06. The van der Waals surface area contributed by atoms with E-state index >= 15 is 0 Å². The molecule has 1 aromatic carbocycles. The monoisotopic (exact) mass is 260 g/mol. The Balaban J connectivity index is 1.81. The van der Waals surface area contributed by atoms with Gasteiger partial charge in [0.25, 0.3) is 0 Å². The van der Waals surface area contributed by atoms with Gasteiger partial charge in [-0.2, -0.15) is 0 Å². The summed E-state index contributed by atoms with van der Waals surface area (Å²) in [5, 5.41) is 0. The number of benzene rings is 1. The molecule has 1 aromatic rings. The summed E-state index contributed by atoms with van der Waals surface area (Å²) in [5.74, 6) is 0. The zero-order valence-electron chi connectivity index (χ0n) is 12.3. The third kappa shape index (κ3) is 3.92. The summed E-state index contributed by atoms with van der Waals surface area (Å²) in [5.41, 5.74) is 2.64. The Labute approximate surface area is 116 Å². The molecule has 0 radical (unpaired) electrons. The molecule has 2 rings (SSSR count). The molecule has 19 heavy (non-hydrogen) atoms. The molecule has 0 spiro atoms. The molecule has 1 aliphatic rings. The Morgan fingerprint density at radius 1 is 1.16 bits per heavy atom. The Morgan fingerprint density at radius 3 is 2.42 bits per heavy atom. The van der Waals surface area contributed by atoms with E-state index in [2.05, 4.69) is 45.9 Å². The first-order valence-corrected chi connectivity index (χ1v) is 6.92. The predicted octanol–water partition coefficient (Wildman–Crippen LogP) is 3.96. The highest BCUT2D eigenvalue weighted by atomic mass is 16.5. The Morgan fingerprint density at radius 2 is 1.84 bits per heavy atom. The van der Waals surface area contributed by atoms with E-state index in [1.807, 2.05) is 18.2 Å². The normalized spacial score (nSPS) is 23.5. The van der Waals surface area contributed by atoms with Crippen molar-refractivity contribution in [1.82, 2.24) is 0 Å². The first-order valence-electron chi connectivity index (χ1n) is 6.92. The van der Waals surface area contributed by atoms with Crippen LogP contribution in [0.1, 0.15) is 33.3 Å². The largest absolute Gasteiger partial charge is 0.374 e. The van der Waals surface area contributed by atoms with Crippen molar-refractivity contribution >= 4 is 0 Å². The standard InChI is InChI=1S/C17H24O2/c1-13-10-16(17(2,3)4)19-15(13)12-18-11-14-8-6-5-7-9-14/h5-10,15-16H,11-12H2,1-4H3/t15-,16+/m1/s1. The zero-order chi connectivity index (χ0) is 13.9. The third-order valence-electron chi connectivity index (χ3n) is 3.47. The van der Waals surface area contributed by atoms with Gasteiger partial charge in [-0.25, -0.2) is 0 Å². The number of hydrogen-bond donors (Lipinski definition) is 0. The van der Waals surface area contributed by atoms with E-state index in [1.54, 1.807) is 0 Å². The summed E-state index contributed by atoms with van der Waals surface area (Å²) in [6.07, 6.45) is 2.53. The van der Waals surface area contributed by atoms with Crippen LogP contribution in [0.5, 0.6) is 0 Å². The Bertz CT molecular complexity index is 428. The van der Waals surface area contributed by atoms with Crippen molar-refractivity contribution in [3.8, 4) is 0 Å². The van der Waals surface area contributed by atoms with Gasteiger partial charge in [0.2, 0.25) is 0 Å². The fourth-order valence-corrected chi connectivity index (χ4v) is 2.15. The second kappa shape index (κ2) is 5.89. The van der Waals surface area contributed by atoms with Crippen LogP contribution in [0.4, 0.5) is 0 Å². The molecule has 0 saturated heterocycles. The highest BCUT2D eigenvalue weighted by Gasteiger charge is 2.32. The van der Waals surface area contributed by atoms with E-state index in [9.17, 15) is 0 Å². The fourth-order valence-electron chi connectivity index (χ4n) is 2.15. The van der Waals surface area contributed by atoms with Crippen molar-refractivity contribution in [2.45, 2.75) is 46.5 Å². The van der Waals surface area contributed by atoms with Crippen molar-refractivity contribution in [2.75, 3.05) is 6.61 Å². The van der Waals surface area contributed by atoms with Gasteiger partial charge in [-0.05, 0) is 23.5 Å². The van der Waals surface area contributed by atoms with Crippen LogP contribution in [0.25, 0.3) is 0 Å². The first kappa shape index (κ1) is 14.3. The van der Waals surface area contributed by atoms with Gasteiger partial charge in [-0.3, -0.25) is 0 Å². The van der Waals surface area contributed by atoms with Crippen LogP contribution in [0, 0.1) is 5.41 Å². The lowest BCUT2D eigenvalue weighted by molar-refractivity contribution is -0.0448. The Kier molecular flexibility index (Phi) is 4.43. The first-order chi connectivity index (χ1) is 8.97. The summed E-state index contributed by atoms with van der Waals surface area (Å²) in [6, 6.07) is 10.2. The molecule has 0 amide bonds. The minimum Gasteiger partial charge on any atom is -0.374 e. The van der Waals surface area contributed by atoms with Crippen LogP contribution in [0.15, 0.2) is 42.0 Å². The molecule has 0 saturated carbocycles. The van der Waals surface area contributed by atoms with Crippen molar-refractivity contribution in [2.24, 2.45) is 5.41 Å². The summed E-state index contributed by atoms with van der Waals surface area (Å²) < 4.78 is 11.8. The molecule has 2 nitrogen and oxygen atoms in total. The van der Waals surface area contributed by atoms with Gasteiger partial charge in [0, 0.05) is 0 Å². The van der Waals surface area contributed by atoms with Crippen LogP contribution in [0.2, 0.25) is 0 Å². The van der Waals surface area contributed by atoms with E-state index in [-0.39, 0.29) is 17.6 Å². The second-order valence-corrected chi connectivity index (χ2v) is 6.32. The van der Waals surface area contributed by atoms with Gasteiger partial charge in [0.05, 0.1) is 19.3 Å². The van der Waals surface area contributed by atoms with Gasteiger partial charge < -0.3 is 9.47 Å². The molecule has 1 aliphatic heterocycles. The van der Waals surface area contributed by atoms with E-state index in [4.69, 9.17) is 9.47 Å². The topological polar surface area (TPSA) is 18.5 Å². The average Bonchev–Trinajstić information content (AvgIpc) is 2.72. The maximum absolute atomic E-state index is 6.06. The lowest BCUT2D eigenvalue weighted by Crippen LogP contribution is -2.28. The molecule has 0 unspecified atom stereocenters. The molecule has 0 aliphatic carbocycles. The molecule has 104 valence electrons. The highest BCUT2D eigenvalue weighted by Crippen LogP contribution is 2.32. The molecule has 0 aromatic heterocycles. The molecule has 0 N–H and O–H groups in total. The molecule has 2 atom stereocenters. The van der Waals surface area contributed by atoms with Crippen LogP contribution in [-0.4, -0.2) is 18.8 Å². The van der Waals surface area contributed by atoms with E-state index in [0.717, 1.165) is 0 Å². The van der Waals surface area contributed by atoms with E-state index in [0.29, 0.717) is 13.2 Å². The van der Waals surface area contributed by atoms with Gasteiger partial charge in [-0.15, -0.1) is 0 Å². The number of hydrogen-bond acceptors (Lipinski definition) is 2. The molecule has 2 heteroatoms. The highest BCUT2D eigenvalue weighted by molar-refractivity contribution is 5.17. The van der Waals surface area contributed by atoms with Gasteiger partial charge in [0.15, 0.2) is 0 Å². The molecular formula is C17H24O2. The van der Waals surface area contributed by atoms with Gasteiger partial charge >= 0.3 is 0 Å². The third-order valence-corrected chi connectivity index (χ3v) is 3.47. The summed E-state index contributed by atoms with van der Waals surface area (Å²) in [4.78, 5) is 0. The molecule has 1 heterocycles. The second-order valence-electron chi connectivity index (χ2n) is 6.32. The lowest BCUT2D eigenvalue weighted by Gasteiger charge is -2.26. The van der Waals surface area contributed by atoms with Crippen LogP contribution in [-0.2, 0) is 16.1 Å². The smallest absolute Gasteiger partial charge is 0.102 e. The predicted molar refractivity (Wildman–Crippen MR) is 78.0 cm³/mol. The van der Waals surface area contributed by atoms with Gasteiger partial charge in [0.1, 0.15) is 6.10 Å². The van der Waals surface area contributed by atoms with Crippen LogP contribution >= 0.6 is 0 Å². The number of rotatable bonds is 4. The SMILES string of the molecule is CC1=C[C@@H](C(C)(C)C)O[C@@H]1COCc1ccccc1.